The molecule has 0 aliphatic carbocycles. The first kappa shape index (κ1) is 13.4. The highest BCUT2D eigenvalue weighted by Crippen LogP contribution is 2.37. The molecule has 2 heterocycles. The maximum atomic E-state index is 11.8. The molecule has 0 bridgehead atoms. The largest absolute Gasteiger partial charge is 0.394 e. The molecule has 8 heteroatoms. The number of aromatic amines is 2. The van der Waals surface area contributed by atoms with E-state index in [2.05, 4.69) is 9.97 Å². The molecular formula is C10H14N2O5S. The summed E-state index contributed by atoms with van der Waals surface area (Å²) in [7, 11) is 0. The lowest BCUT2D eigenvalue weighted by Gasteiger charge is -2.26. The smallest absolute Gasteiger partial charge is 0.257 e. The Morgan fingerprint density at radius 3 is 2.72 bits per heavy atom. The second-order valence-corrected chi connectivity index (χ2v) is 4.78. The van der Waals surface area contributed by atoms with Gasteiger partial charge < -0.3 is 25.0 Å². The highest BCUT2D eigenvalue weighted by Gasteiger charge is 2.53. The van der Waals surface area contributed by atoms with Crippen molar-refractivity contribution < 1.29 is 20.1 Å². The van der Waals surface area contributed by atoms with Gasteiger partial charge >= 0.3 is 0 Å². The van der Waals surface area contributed by atoms with E-state index in [4.69, 9.17) is 22.1 Å². The van der Waals surface area contributed by atoms with Crippen molar-refractivity contribution in [2.75, 3.05) is 6.61 Å². The van der Waals surface area contributed by atoms with E-state index in [1.165, 1.54) is 13.1 Å². The van der Waals surface area contributed by atoms with Crippen LogP contribution in [0, 0.1) is 4.77 Å². The zero-order valence-electron chi connectivity index (χ0n) is 9.58. The van der Waals surface area contributed by atoms with Gasteiger partial charge in [0, 0.05) is 6.20 Å². The van der Waals surface area contributed by atoms with Gasteiger partial charge in [0.2, 0.25) is 0 Å². The van der Waals surface area contributed by atoms with Gasteiger partial charge in [0.25, 0.3) is 5.56 Å². The summed E-state index contributed by atoms with van der Waals surface area (Å²) in [5.41, 5.74) is -1.80. The van der Waals surface area contributed by atoms with Crippen molar-refractivity contribution in [2.24, 2.45) is 0 Å². The summed E-state index contributed by atoms with van der Waals surface area (Å²) >= 11 is 4.76. The Balaban J connectivity index is 2.49. The van der Waals surface area contributed by atoms with E-state index in [9.17, 15) is 15.0 Å². The van der Waals surface area contributed by atoms with Crippen LogP contribution in [0.3, 0.4) is 0 Å². The number of aliphatic hydroxyl groups is 3. The summed E-state index contributed by atoms with van der Waals surface area (Å²) in [6.45, 7) is 1.02. The zero-order chi connectivity index (χ0) is 13.5. The maximum Gasteiger partial charge on any atom is 0.257 e. The molecule has 1 aliphatic heterocycles. The predicted molar refractivity (Wildman–Crippen MR) is 63.6 cm³/mol. The molecule has 7 nitrogen and oxygen atoms in total. The Morgan fingerprint density at radius 2 is 2.22 bits per heavy atom. The summed E-state index contributed by atoms with van der Waals surface area (Å²) < 4.78 is 5.56. The SMILES string of the molecule is C[C@@]1(c2c[nH]c(=S)[nH]c2=O)O[C@H](CO)[C@@H](O)[C@H]1O. The summed E-state index contributed by atoms with van der Waals surface area (Å²) in [6.07, 6.45) is -2.19. The standard InChI is InChI=1S/C10H14N2O5S/c1-10(4-2-11-9(18)12-8(4)16)7(15)6(14)5(3-13)17-10/h2,5-7,13-15H,3H2,1H3,(H2,11,12,16,18)/t5-,6-,7-,10+/m1/s1. The Morgan fingerprint density at radius 1 is 1.56 bits per heavy atom. The maximum absolute atomic E-state index is 11.8. The van der Waals surface area contributed by atoms with Crippen LogP contribution in [0.1, 0.15) is 12.5 Å². The van der Waals surface area contributed by atoms with Crippen LogP contribution < -0.4 is 5.56 Å². The number of ether oxygens (including phenoxy) is 1. The van der Waals surface area contributed by atoms with Crippen molar-refractivity contribution in [1.29, 1.82) is 0 Å². The zero-order valence-corrected chi connectivity index (χ0v) is 10.4. The highest BCUT2D eigenvalue weighted by atomic mass is 32.1. The molecular weight excluding hydrogens is 260 g/mol. The fourth-order valence-electron chi connectivity index (χ4n) is 2.13. The molecule has 1 aromatic heterocycles. The van der Waals surface area contributed by atoms with Crippen LogP contribution in [0.15, 0.2) is 11.0 Å². The Bertz CT molecular complexity index is 556. The Kier molecular flexibility index (Phi) is 3.39. The predicted octanol–water partition coefficient (Wildman–Crippen LogP) is -1.24. The van der Waals surface area contributed by atoms with Crippen LogP contribution in [0.2, 0.25) is 0 Å². The minimum Gasteiger partial charge on any atom is -0.394 e. The van der Waals surface area contributed by atoms with Crippen LogP contribution in [0.25, 0.3) is 0 Å². The number of rotatable bonds is 2. The average molecular weight is 274 g/mol. The number of nitrogens with one attached hydrogen (secondary N) is 2. The van der Waals surface area contributed by atoms with Gasteiger partial charge in [-0.15, -0.1) is 0 Å². The van der Waals surface area contributed by atoms with Gasteiger partial charge in [0.05, 0.1) is 12.2 Å². The van der Waals surface area contributed by atoms with Crippen molar-refractivity contribution >= 4 is 12.2 Å². The Hall–Kier alpha value is -1.06. The fraction of sp³-hybridized carbons (Fsp3) is 0.600. The molecule has 1 saturated heterocycles. The van der Waals surface area contributed by atoms with Crippen molar-refractivity contribution in [3.63, 3.8) is 0 Å². The summed E-state index contributed by atoms with van der Waals surface area (Å²) in [5.74, 6) is 0. The number of aliphatic hydroxyl groups excluding tert-OH is 3. The third-order valence-corrected chi connectivity index (χ3v) is 3.42. The van der Waals surface area contributed by atoms with Gasteiger partial charge in [-0.25, -0.2) is 0 Å². The first-order valence-electron chi connectivity index (χ1n) is 5.37. The van der Waals surface area contributed by atoms with E-state index >= 15 is 0 Å². The molecule has 0 unspecified atom stereocenters. The van der Waals surface area contributed by atoms with E-state index in [0.29, 0.717) is 0 Å². The first-order chi connectivity index (χ1) is 8.40. The molecule has 0 radical (unpaired) electrons. The van der Waals surface area contributed by atoms with E-state index in [1.54, 1.807) is 0 Å². The first-order valence-corrected chi connectivity index (χ1v) is 5.78. The summed E-state index contributed by atoms with van der Waals surface area (Å²) in [4.78, 5) is 16.8. The molecule has 0 amide bonds. The average Bonchev–Trinajstić information content (AvgIpc) is 2.54. The van der Waals surface area contributed by atoms with Crippen molar-refractivity contribution in [1.82, 2.24) is 9.97 Å². The quantitative estimate of drug-likeness (QED) is 0.430. The van der Waals surface area contributed by atoms with E-state index in [1.807, 2.05) is 0 Å². The van der Waals surface area contributed by atoms with Gasteiger partial charge in [0.15, 0.2) is 4.77 Å². The lowest BCUT2D eigenvalue weighted by Crippen LogP contribution is -2.42. The van der Waals surface area contributed by atoms with E-state index in [0.717, 1.165) is 0 Å². The molecule has 0 saturated carbocycles. The fourth-order valence-corrected chi connectivity index (χ4v) is 2.28. The second kappa shape index (κ2) is 4.56. The van der Waals surface area contributed by atoms with Crippen molar-refractivity contribution in [2.45, 2.75) is 30.8 Å². The van der Waals surface area contributed by atoms with Crippen LogP contribution >= 0.6 is 12.2 Å². The highest BCUT2D eigenvalue weighted by molar-refractivity contribution is 7.71. The number of hydrogen-bond acceptors (Lipinski definition) is 6. The molecule has 2 rings (SSSR count). The van der Waals surface area contributed by atoms with Crippen LogP contribution in [0.5, 0.6) is 0 Å². The minimum atomic E-state index is -1.40. The van der Waals surface area contributed by atoms with Crippen molar-refractivity contribution in [3.8, 4) is 0 Å². The molecule has 100 valence electrons. The lowest BCUT2D eigenvalue weighted by atomic mass is 9.90. The van der Waals surface area contributed by atoms with E-state index < -0.39 is 36.1 Å². The molecule has 18 heavy (non-hydrogen) atoms. The van der Waals surface area contributed by atoms with Gasteiger partial charge in [0.1, 0.15) is 23.9 Å². The lowest BCUT2D eigenvalue weighted by molar-refractivity contribution is -0.0867. The van der Waals surface area contributed by atoms with Crippen LogP contribution in [-0.4, -0.2) is 50.2 Å². The van der Waals surface area contributed by atoms with E-state index in [-0.39, 0.29) is 10.3 Å². The van der Waals surface area contributed by atoms with Gasteiger partial charge in [-0.3, -0.25) is 9.78 Å². The molecule has 1 aromatic rings. The number of H-pyrrole nitrogens is 2. The monoisotopic (exact) mass is 274 g/mol. The second-order valence-electron chi connectivity index (χ2n) is 4.37. The molecule has 0 spiro atoms. The molecule has 1 aliphatic rings. The summed E-state index contributed by atoms with van der Waals surface area (Å²) in [5, 5.41) is 28.7. The molecule has 5 N–H and O–H groups in total. The van der Waals surface area contributed by atoms with Gasteiger partial charge in [-0.2, -0.15) is 0 Å². The normalized spacial score (nSPS) is 35.9. The van der Waals surface area contributed by atoms with Gasteiger partial charge in [-0.1, -0.05) is 0 Å². The van der Waals surface area contributed by atoms with Crippen LogP contribution in [-0.2, 0) is 10.3 Å². The Labute approximate surface area is 107 Å². The third-order valence-electron chi connectivity index (χ3n) is 3.20. The minimum absolute atomic E-state index is 0.110. The number of hydrogen-bond donors (Lipinski definition) is 5. The topological polar surface area (TPSA) is 119 Å². The van der Waals surface area contributed by atoms with Crippen LogP contribution in [0.4, 0.5) is 0 Å². The number of aromatic nitrogens is 2. The summed E-state index contributed by atoms with van der Waals surface area (Å²) in [6, 6.07) is 0. The van der Waals surface area contributed by atoms with Gasteiger partial charge in [-0.05, 0) is 19.1 Å². The van der Waals surface area contributed by atoms with Crippen molar-refractivity contribution in [3.05, 3.63) is 26.9 Å². The molecule has 4 atom stereocenters. The molecule has 0 aromatic carbocycles. The third kappa shape index (κ3) is 1.91. The molecule has 1 fully saturated rings.